The molecule has 6 heterocycles. The average Bonchev–Trinajstić information content (AvgIpc) is 3.52. The Morgan fingerprint density at radius 1 is 0.919 bits per heavy atom. The molecule has 11 nitrogen and oxygen atoms in total. The molecular weight excluding hydrogens is 468 g/mol. The van der Waals surface area contributed by atoms with Crippen LogP contribution in [0.25, 0.3) is 56.0 Å². The number of anilines is 1. The van der Waals surface area contributed by atoms with Crippen LogP contribution in [0.2, 0.25) is 0 Å². The van der Waals surface area contributed by atoms with Crippen molar-refractivity contribution in [1.82, 2.24) is 45.0 Å². The van der Waals surface area contributed by atoms with Gasteiger partial charge in [0.15, 0.2) is 5.82 Å². The Morgan fingerprint density at radius 3 is 2.62 bits per heavy atom. The number of hydrogen-bond donors (Lipinski definition) is 3. The number of hydrogen-bond acceptors (Lipinski definition) is 8. The van der Waals surface area contributed by atoms with Crippen molar-refractivity contribution >= 4 is 33.5 Å². The van der Waals surface area contributed by atoms with Gasteiger partial charge in [-0.1, -0.05) is 0 Å². The van der Waals surface area contributed by atoms with Crippen LogP contribution in [0.15, 0.2) is 67.5 Å². The first kappa shape index (κ1) is 22.4. The summed E-state index contributed by atoms with van der Waals surface area (Å²) >= 11 is 0. The summed E-state index contributed by atoms with van der Waals surface area (Å²) in [5, 5.41) is 11.3. The smallest absolute Gasteiger partial charge is 0.238 e. The summed E-state index contributed by atoms with van der Waals surface area (Å²) in [5.41, 5.74) is 6.81. The predicted octanol–water partition coefficient (Wildman–Crippen LogP) is 3.52. The number of carbonyl (C=O) groups is 1. The topological polar surface area (TPSA) is 141 Å². The Hall–Kier alpha value is -5.03. The van der Waals surface area contributed by atoms with Crippen molar-refractivity contribution < 1.29 is 4.79 Å². The molecule has 0 fully saturated rings. The van der Waals surface area contributed by atoms with Crippen molar-refractivity contribution in [3.8, 4) is 34.0 Å². The van der Waals surface area contributed by atoms with Gasteiger partial charge in [-0.3, -0.25) is 29.8 Å². The molecule has 3 N–H and O–H groups in total. The van der Waals surface area contributed by atoms with Gasteiger partial charge in [-0.25, -0.2) is 4.98 Å². The molecule has 0 bridgehead atoms. The Morgan fingerprint density at radius 2 is 1.78 bits per heavy atom. The van der Waals surface area contributed by atoms with Crippen LogP contribution < -0.4 is 5.32 Å². The van der Waals surface area contributed by atoms with E-state index in [0.717, 1.165) is 38.8 Å². The third kappa shape index (κ3) is 4.39. The number of aromatic amines is 2. The first-order valence-corrected chi connectivity index (χ1v) is 11.5. The van der Waals surface area contributed by atoms with E-state index < -0.39 is 0 Å². The zero-order valence-corrected chi connectivity index (χ0v) is 20.1. The fraction of sp³-hybridized carbons (Fsp3) is 0.115. The minimum Gasteiger partial charge on any atom is -0.336 e. The molecule has 11 heteroatoms. The SMILES string of the molecule is CN(C)CC(=O)Nc1cncc(-c2cc3c(-c4nc5c(-c6ccncc6)nccc5[nH]4)n[nH]c3cn2)c1. The number of carbonyl (C=O) groups excluding carboxylic acids is 1. The molecule has 0 aliphatic heterocycles. The molecule has 1 amide bonds. The number of rotatable bonds is 6. The minimum atomic E-state index is -0.116. The average molecular weight is 491 g/mol. The third-order valence-electron chi connectivity index (χ3n) is 5.80. The lowest BCUT2D eigenvalue weighted by Gasteiger charge is -2.10. The van der Waals surface area contributed by atoms with E-state index in [9.17, 15) is 4.79 Å². The Kier molecular flexibility index (Phi) is 5.58. The summed E-state index contributed by atoms with van der Waals surface area (Å²) < 4.78 is 0. The summed E-state index contributed by atoms with van der Waals surface area (Å²) in [7, 11) is 3.68. The second kappa shape index (κ2) is 9.21. The number of aromatic nitrogens is 8. The standard InChI is InChI=1S/C26H22N10O/c1-36(2)14-22(37)31-17-9-16(11-28-12-17)20-10-18-21(13-30-20)34-35-24(18)26-32-19-5-8-29-23(25(19)33-26)15-3-6-27-7-4-15/h3-13H,14H2,1-2H3,(H,31,37)(H,32,33)(H,34,35). The van der Waals surface area contributed by atoms with Gasteiger partial charge >= 0.3 is 0 Å². The number of likely N-dealkylation sites (N-methyl/N-ethyl adjacent to an activating group) is 1. The maximum absolute atomic E-state index is 12.2. The van der Waals surface area contributed by atoms with Gasteiger partial charge in [0.1, 0.15) is 11.2 Å². The summed E-state index contributed by atoms with van der Waals surface area (Å²) in [5.74, 6) is 0.500. The van der Waals surface area contributed by atoms with E-state index in [1.807, 2.05) is 44.4 Å². The molecule has 0 atom stereocenters. The number of fused-ring (bicyclic) bond motifs is 2. The number of imidazole rings is 1. The van der Waals surface area contributed by atoms with E-state index in [2.05, 4.69) is 40.4 Å². The number of nitrogens with one attached hydrogen (secondary N) is 3. The highest BCUT2D eigenvalue weighted by Gasteiger charge is 2.17. The highest BCUT2D eigenvalue weighted by Crippen LogP contribution is 2.31. The Balaban J connectivity index is 1.38. The minimum absolute atomic E-state index is 0.116. The van der Waals surface area contributed by atoms with Gasteiger partial charge in [-0.05, 0) is 44.4 Å². The number of nitrogens with zero attached hydrogens (tertiary/aromatic N) is 7. The summed E-state index contributed by atoms with van der Waals surface area (Å²) in [4.78, 5) is 39.7. The number of pyridine rings is 4. The summed E-state index contributed by atoms with van der Waals surface area (Å²) in [6.07, 6.45) is 10.3. The molecule has 0 spiro atoms. The zero-order chi connectivity index (χ0) is 25.4. The maximum atomic E-state index is 12.2. The van der Waals surface area contributed by atoms with Crippen LogP contribution in [-0.4, -0.2) is 71.5 Å². The normalized spacial score (nSPS) is 11.4. The van der Waals surface area contributed by atoms with Gasteiger partial charge < -0.3 is 15.2 Å². The van der Waals surface area contributed by atoms with Crippen LogP contribution in [0.3, 0.4) is 0 Å². The number of amides is 1. The van der Waals surface area contributed by atoms with Gasteiger partial charge in [0.25, 0.3) is 0 Å². The molecular formula is C26H22N10O. The van der Waals surface area contributed by atoms with Crippen molar-refractivity contribution in [1.29, 1.82) is 0 Å². The van der Waals surface area contributed by atoms with Gasteiger partial charge in [0, 0.05) is 41.3 Å². The second-order valence-electron chi connectivity index (χ2n) is 8.81. The van der Waals surface area contributed by atoms with Crippen LogP contribution >= 0.6 is 0 Å². The molecule has 0 radical (unpaired) electrons. The zero-order valence-electron chi connectivity index (χ0n) is 20.1. The first-order chi connectivity index (χ1) is 18.0. The number of H-pyrrole nitrogens is 2. The van der Waals surface area contributed by atoms with Crippen LogP contribution in [-0.2, 0) is 4.79 Å². The molecule has 0 aromatic carbocycles. The second-order valence-corrected chi connectivity index (χ2v) is 8.81. The molecule has 6 aromatic heterocycles. The van der Waals surface area contributed by atoms with Crippen LogP contribution in [0.5, 0.6) is 0 Å². The molecule has 182 valence electrons. The highest BCUT2D eigenvalue weighted by atomic mass is 16.2. The van der Waals surface area contributed by atoms with Crippen LogP contribution in [0.1, 0.15) is 0 Å². The largest absolute Gasteiger partial charge is 0.336 e. The van der Waals surface area contributed by atoms with E-state index in [1.54, 1.807) is 42.1 Å². The molecule has 0 saturated heterocycles. The lowest BCUT2D eigenvalue weighted by atomic mass is 10.1. The van der Waals surface area contributed by atoms with Gasteiger partial charge in [0.2, 0.25) is 5.91 Å². The van der Waals surface area contributed by atoms with Gasteiger partial charge in [0.05, 0.1) is 47.0 Å². The van der Waals surface area contributed by atoms with E-state index in [-0.39, 0.29) is 12.5 Å². The predicted molar refractivity (Wildman–Crippen MR) is 140 cm³/mol. The first-order valence-electron chi connectivity index (χ1n) is 11.5. The summed E-state index contributed by atoms with van der Waals surface area (Å²) in [6.45, 7) is 0.280. The molecule has 6 aromatic rings. The van der Waals surface area contributed by atoms with Crippen LogP contribution in [0, 0.1) is 0 Å². The van der Waals surface area contributed by atoms with Gasteiger partial charge in [-0.15, -0.1) is 0 Å². The fourth-order valence-corrected chi connectivity index (χ4v) is 4.16. The molecule has 0 aliphatic carbocycles. The monoisotopic (exact) mass is 490 g/mol. The molecule has 0 aliphatic rings. The fourth-order valence-electron chi connectivity index (χ4n) is 4.16. The van der Waals surface area contributed by atoms with E-state index in [0.29, 0.717) is 22.9 Å². The summed E-state index contributed by atoms with van der Waals surface area (Å²) in [6, 6.07) is 9.49. The van der Waals surface area contributed by atoms with Crippen molar-refractivity contribution in [3.05, 3.63) is 67.5 Å². The van der Waals surface area contributed by atoms with Crippen LogP contribution in [0.4, 0.5) is 5.69 Å². The van der Waals surface area contributed by atoms with E-state index in [4.69, 9.17) is 4.98 Å². The van der Waals surface area contributed by atoms with Crippen molar-refractivity contribution in [2.75, 3.05) is 26.0 Å². The third-order valence-corrected chi connectivity index (χ3v) is 5.80. The van der Waals surface area contributed by atoms with Crippen molar-refractivity contribution in [2.45, 2.75) is 0 Å². The van der Waals surface area contributed by atoms with Crippen molar-refractivity contribution in [2.24, 2.45) is 0 Å². The quantitative estimate of drug-likeness (QED) is 0.322. The molecule has 37 heavy (non-hydrogen) atoms. The molecule has 0 saturated carbocycles. The maximum Gasteiger partial charge on any atom is 0.238 e. The van der Waals surface area contributed by atoms with E-state index in [1.165, 1.54) is 0 Å². The lowest BCUT2D eigenvalue weighted by molar-refractivity contribution is -0.116. The van der Waals surface area contributed by atoms with Gasteiger partial charge in [-0.2, -0.15) is 5.10 Å². The van der Waals surface area contributed by atoms with E-state index >= 15 is 0 Å². The molecule has 0 unspecified atom stereocenters. The Bertz CT molecular complexity index is 1740. The molecule has 6 rings (SSSR count). The Labute approximate surface area is 211 Å². The lowest BCUT2D eigenvalue weighted by Crippen LogP contribution is -2.27. The van der Waals surface area contributed by atoms with Crippen molar-refractivity contribution in [3.63, 3.8) is 0 Å². The highest BCUT2D eigenvalue weighted by molar-refractivity contribution is 5.97.